The molecular weight excluding hydrogens is 368 g/mol. The van der Waals surface area contributed by atoms with Gasteiger partial charge in [0.05, 0.1) is 18.6 Å². The van der Waals surface area contributed by atoms with Crippen LogP contribution in [0.4, 0.5) is 0 Å². The lowest BCUT2D eigenvalue weighted by Crippen LogP contribution is -2.55. The van der Waals surface area contributed by atoms with Gasteiger partial charge in [-0.25, -0.2) is 13.1 Å². The molecule has 0 heterocycles. The number of nitrogens with zero attached hydrogens (tertiary/aromatic N) is 1. The van der Waals surface area contributed by atoms with Gasteiger partial charge in [-0.3, -0.25) is 9.69 Å². The zero-order chi connectivity index (χ0) is 19.8. The van der Waals surface area contributed by atoms with Gasteiger partial charge in [-0.05, 0) is 68.7 Å². The fraction of sp³-hybridized carbons (Fsp3) is 0.632. The monoisotopic (exact) mass is 396 g/mol. The summed E-state index contributed by atoms with van der Waals surface area (Å²) in [7, 11) is -2.06. The van der Waals surface area contributed by atoms with Crippen molar-refractivity contribution in [2.24, 2.45) is 5.92 Å². The second kappa shape index (κ2) is 7.77. The zero-order valence-corrected chi connectivity index (χ0v) is 16.9. The minimum absolute atomic E-state index is 0.0252. The van der Waals surface area contributed by atoms with Crippen molar-refractivity contribution in [1.29, 1.82) is 0 Å². The van der Waals surface area contributed by atoms with Crippen LogP contribution in [0.15, 0.2) is 17.0 Å². The van der Waals surface area contributed by atoms with Crippen molar-refractivity contribution in [3.8, 4) is 5.75 Å². The summed E-state index contributed by atoms with van der Waals surface area (Å²) in [4.78, 5) is 13.4. The van der Waals surface area contributed by atoms with Gasteiger partial charge in [0.15, 0.2) is 0 Å². The molecule has 2 N–H and O–H groups in total. The Morgan fingerprint density at radius 3 is 2.48 bits per heavy atom. The van der Waals surface area contributed by atoms with E-state index in [1.807, 2.05) is 11.8 Å². The van der Waals surface area contributed by atoms with E-state index in [0.717, 1.165) is 24.9 Å². The van der Waals surface area contributed by atoms with Gasteiger partial charge in [-0.2, -0.15) is 0 Å². The summed E-state index contributed by atoms with van der Waals surface area (Å²) >= 11 is 0. The zero-order valence-electron chi connectivity index (χ0n) is 16.1. The van der Waals surface area contributed by atoms with Gasteiger partial charge >= 0.3 is 5.97 Å². The Kier molecular flexibility index (Phi) is 5.79. The van der Waals surface area contributed by atoms with Crippen LogP contribution in [0.3, 0.4) is 0 Å². The Morgan fingerprint density at radius 1 is 1.26 bits per heavy atom. The minimum atomic E-state index is -3.62. The summed E-state index contributed by atoms with van der Waals surface area (Å²) in [6.07, 6.45) is 3.62. The number of carboxylic acid groups (broad SMARTS) is 1. The van der Waals surface area contributed by atoms with Gasteiger partial charge in [0.25, 0.3) is 0 Å². The molecule has 7 nitrogen and oxygen atoms in total. The molecule has 1 aromatic carbocycles. The van der Waals surface area contributed by atoms with Crippen molar-refractivity contribution in [1.82, 2.24) is 9.62 Å². The number of aliphatic carboxylic acids is 1. The molecule has 8 heteroatoms. The molecule has 2 aliphatic rings. The smallest absolute Gasteiger partial charge is 0.317 e. The molecular formula is C19H28N2O5S. The number of hydrogen-bond donors (Lipinski definition) is 2. The van der Waals surface area contributed by atoms with Crippen LogP contribution in [-0.4, -0.2) is 56.7 Å². The Hall–Kier alpha value is -1.64. The summed E-state index contributed by atoms with van der Waals surface area (Å²) in [5, 5.41) is 9.12. The van der Waals surface area contributed by atoms with Crippen molar-refractivity contribution in [3.63, 3.8) is 0 Å². The molecule has 0 aliphatic heterocycles. The molecule has 2 aliphatic carbocycles. The third-order valence-corrected chi connectivity index (χ3v) is 7.34. The normalized spacial score (nSPS) is 22.5. The van der Waals surface area contributed by atoms with E-state index in [2.05, 4.69) is 4.72 Å². The van der Waals surface area contributed by atoms with E-state index < -0.39 is 16.0 Å². The largest absolute Gasteiger partial charge is 0.496 e. The van der Waals surface area contributed by atoms with Crippen molar-refractivity contribution in [2.45, 2.75) is 56.5 Å². The molecule has 1 aromatic rings. The highest BCUT2D eigenvalue weighted by atomic mass is 32.2. The first kappa shape index (κ1) is 20.1. The molecule has 3 rings (SSSR count). The van der Waals surface area contributed by atoms with E-state index >= 15 is 0 Å². The number of sulfonamides is 1. The molecule has 0 radical (unpaired) electrons. The van der Waals surface area contributed by atoms with E-state index in [4.69, 9.17) is 9.84 Å². The molecule has 0 atom stereocenters. The van der Waals surface area contributed by atoms with Crippen LogP contribution >= 0.6 is 0 Å². The molecule has 150 valence electrons. The summed E-state index contributed by atoms with van der Waals surface area (Å²) in [5.41, 5.74) is 1.49. The molecule has 0 saturated heterocycles. The van der Waals surface area contributed by atoms with Crippen LogP contribution in [0.5, 0.6) is 5.75 Å². The molecule has 0 bridgehead atoms. The lowest BCUT2D eigenvalue weighted by Gasteiger charge is -2.42. The number of ether oxygens (including phenoxy) is 1. The SMILES string of the molecule is COc1ccc(S(=O)(=O)NC2CC(N(CC(=O)O)CC3CC3)C2)c(C)c1C. The molecule has 0 aromatic heterocycles. The van der Waals surface area contributed by atoms with Crippen LogP contribution in [0.2, 0.25) is 0 Å². The highest BCUT2D eigenvalue weighted by Gasteiger charge is 2.39. The van der Waals surface area contributed by atoms with Gasteiger partial charge in [0.1, 0.15) is 5.75 Å². The third-order valence-electron chi connectivity index (χ3n) is 5.68. The average molecular weight is 397 g/mol. The minimum Gasteiger partial charge on any atom is -0.496 e. The fourth-order valence-electron chi connectivity index (χ4n) is 3.70. The summed E-state index contributed by atoms with van der Waals surface area (Å²) in [6, 6.07) is 3.22. The van der Waals surface area contributed by atoms with Crippen LogP contribution in [-0.2, 0) is 14.8 Å². The summed E-state index contributed by atoms with van der Waals surface area (Å²) in [5.74, 6) is 0.438. The van der Waals surface area contributed by atoms with Crippen molar-refractivity contribution in [2.75, 3.05) is 20.2 Å². The topological polar surface area (TPSA) is 95.9 Å². The first-order valence-corrected chi connectivity index (χ1v) is 10.8. The highest BCUT2D eigenvalue weighted by Crippen LogP contribution is 2.34. The van der Waals surface area contributed by atoms with Crippen LogP contribution in [0.1, 0.15) is 36.8 Å². The lowest BCUT2D eigenvalue weighted by atomic mass is 9.86. The molecule has 2 fully saturated rings. The Labute approximate surface area is 160 Å². The van der Waals surface area contributed by atoms with Crippen molar-refractivity contribution < 1.29 is 23.1 Å². The molecule has 0 amide bonds. The average Bonchev–Trinajstić information content (AvgIpc) is 3.36. The number of nitrogens with one attached hydrogen (secondary N) is 1. The number of carbonyl (C=O) groups is 1. The van der Waals surface area contributed by atoms with Gasteiger partial charge in [-0.15, -0.1) is 0 Å². The van der Waals surface area contributed by atoms with Crippen LogP contribution in [0, 0.1) is 19.8 Å². The van der Waals surface area contributed by atoms with E-state index in [-0.39, 0.29) is 23.5 Å². The van der Waals surface area contributed by atoms with Gasteiger partial charge in [0.2, 0.25) is 10.0 Å². The molecule has 0 spiro atoms. The quantitative estimate of drug-likeness (QED) is 0.662. The Balaban J connectivity index is 1.63. The van der Waals surface area contributed by atoms with Crippen molar-refractivity contribution >= 4 is 16.0 Å². The highest BCUT2D eigenvalue weighted by molar-refractivity contribution is 7.89. The second-order valence-corrected chi connectivity index (χ2v) is 9.41. The first-order chi connectivity index (χ1) is 12.7. The fourth-order valence-corrected chi connectivity index (χ4v) is 5.26. The Morgan fingerprint density at radius 2 is 1.93 bits per heavy atom. The molecule has 27 heavy (non-hydrogen) atoms. The maximum absolute atomic E-state index is 12.8. The maximum Gasteiger partial charge on any atom is 0.317 e. The molecule has 0 unspecified atom stereocenters. The number of benzene rings is 1. The van der Waals surface area contributed by atoms with Gasteiger partial charge < -0.3 is 9.84 Å². The van der Waals surface area contributed by atoms with Gasteiger partial charge in [0, 0.05) is 18.6 Å². The number of methoxy groups -OCH3 is 1. The first-order valence-electron chi connectivity index (χ1n) is 9.33. The standard InChI is InChI=1S/C19H28N2O5S/c1-12-13(2)18(7-6-17(12)26-3)27(24,25)20-15-8-16(9-15)21(11-19(22)23)10-14-4-5-14/h6-7,14-16,20H,4-5,8-11H2,1-3H3,(H,22,23). The summed E-state index contributed by atoms with van der Waals surface area (Å²) in [6.45, 7) is 4.44. The van der Waals surface area contributed by atoms with E-state index in [1.165, 1.54) is 0 Å². The van der Waals surface area contributed by atoms with E-state index in [0.29, 0.717) is 30.1 Å². The predicted molar refractivity (Wildman–Crippen MR) is 102 cm³/mol. The molecule has 2 saturated carbocycles. The number of hydrogen-bond acceptors (Lipinski definition) is 5. The second-order valence-electron chi connectivity index (χ2n) is 7.73. The number of carboxylic acids is 1. The Bertz CT molecular complexity index is 814. The maximum atomic E-state index is 12.8. The summed E-state index contributed by atoms with van der Waals surface area (Å²) < 4.78 is 33.6. The number of rotatable bonds is 9. The van der Waals surface area contributed by atoms with E-state index in [1.54, 1.807) is 26.2 Å². The van der Waals surface area contributed by atoms with Crippen LogP contribution < -0.4 is 9.46 Å². The van der Waals surface area contributed by atoms with Crippen LogP contribution in [0.25, 0.3) is 0 Å². The van der Waals surface area contributed by atoms with E-state index in [9.17, 15) is 13.2 Å². The third kappa shape index (κ3) is 4.62. The van der Waals surface area contributed by atoms with Gasteiger partial charge in [-0.1, -0.05) is 0 Å². The predicted octanol–water partition coefficient (Wildman–Crippen LogP) is 1.92. The lowest BCUT2D eigenvalue weighted by molar-refractivity contribution is -0.139. The van der Waals surface area contributed by atoms with Crippen molar-refractivity contribution in [3.05, 3.63) is 23.3 Å².